The third-order valence-electron chi connectivity index (χ3n) is 3.93. The van der Waals surface area contributed by atoms with Crippen LogP contribution in [0.15, 0.2) is 4.99 Å². The van der Waals surface area contributed by atoms with Gasteiger partial charge in [0.1, 0.15) is 9.38 Å². The molecule has 1 N–H and O–H groups in total. The molecule has 1 aromatic heterocycles. The van der Waals surface area contributed by atoms with Crippen LogP contribution in [-0.2, 0) is 22.4 Å². The first-order chi connectivity index (χ1) is 11.7. The van der Waals surface area contributed by atoms with Crippen LogP contribution in [0.25, 0.3) is 0 Å². The Balaban J connectivity index is 1.64. The lowest BCUT2D eigenvalue weighted by Crippen LogP contribution is -2.15. The standard InChI is InChI=1S/C16H20N2O3S3/c1-21-15(20)13-10-4-2-3-5-11(10)24-14(13)18-12(19)6-8-22-16-17-7-9-23-16/h2-9H2,1H3,(H,18,19). The summed E-state index contributed by atoms with van der Waals surface area (Å²) < 4.78 is 6.00. The van der Waals surface area contributed by atoms with Gasteiger partial charge in [0.25, 0.3) is 0 Å². The van der Waals surface area contributed by atoms with Crippen LogP contribution in [-0.4, -0.2) is 41.4 Å². The van der Waals surface area contributed by atoms with Crippen molar-refractivity contribution in [2.24, 2.45) is 4.99 Å². The summed E-state index contributed by atoms with van der Waals surface area (Å²) in [6.45, 7) is 0.877. The molecule has 0 aromatic carbocycles. The fourth-order valence-electron chi connectivity index (χ4n) is 2.79. The molecule has 2 heterocycles. The number of hydrogen-bond acceptors (Lipinski definition) is 7. The number of aliphatic imine (C=N–C) groups is 1. The maximum absolute atomic E-state index is 12.2. The number of methoxy groups -OCH3 is 1. The quantitative estimate of drug-likeness (QED) is 0.786. The highest BCUT2D eigenvalue weighted by atomic mass is 32.2. The van der Waals surface area contributed by atoms with E-state index in [0.717, 1.165) is 47.9 Å². The highest BCUT2D eigenvalue weighted by Gasteiger charge is 2.26. The van der Waals surface area contributed by atoms with Crippen molar-refractivity contribution in [2.45, 2.75) is 32.1 Å². The van der Waals surface area contributed by atoms with Gasteiger partial charge in [-0.25, -0.2) is 4.79 Å². The zero-order chi connectivity index (χ0) is 16.9. The van der Waals surface area contributed by atoms with Crippen molar-refractivity contribution in [3.63, 3.8) is 0 Å². The van der Waals surface area contributed by atoms with Gasteiger partial charge in [-0.1, -0.05) is 23.5 Å². The third kappa shape index (κ3) is 4.15. The average molecular weight is 385 g/mol. The lowest BCUT2D eigenvalue weighted by Gasteiger charge is -2.11. The number of thiophene rings is 1. The van der Waals surface area contributed by atoms with E-state index in [-0.39, 0.29) is 11.9 Å². The van der Waals surface area contributed by atoms with Gasteiger partial charge in [0.15, 0.2) is 0 Å². The second-order valence-corrected chi connectivity index (χ2v) is 9.08. The van der Waals surface area contributed by atoms with Crippen LogP contribution in [0.2, 0.25) is 0 Å². The highest BCUT2D eigenvalue weighted by Crippen LogP contribution is 2.38. The van der Waals surface area contributed by atoms with Crippen LogP contribution in [0.4, 0.5) is 5.00 Å². The molecular weight excluding hydrogens is 364 g/mol. The fraction of sp³-hybridized carbons (Fsp3) is 0.562. The zero-order valence-electron chi connectivity index (χ0n) is 13.6. The second-order valence-electron chi connectivity index (χ2n) is 5.55. The van der Waals surface area contributed by atoms with Crippen molar-refractivity contribution < 1.29 is 14.3 Å². The number of ether oxygens (including phenoxy) is 1. The fourth-order valence-corrected chi connectivity index (χ4v) is 6.11. The van der Waals surface area contributed by atoms with Gasteiger partial charge < -0.3 is 10.1 Å². The first-order valence-corrected chi connectivity index (χ1v) is 10.8. The molecule has 1 amide bonds. The van der Waals surface area contributed by atoms with Crippen molar-refractivity contribution in [1.82, 2.24) is 0 Å². The van der Waals surface area contributed by atoms with E-state index >= 15 is 0 Å². The monoisotopic (exact) mass is 384 g/mol. The maximum Gasteiger partial charge on any atom is 0.341 e. The Hall–Kier alpha value is -0.990. The summed E-state index contributed by atoms with van der Waals surface area (Å²) in [5.74, 6) is 1.33. The smallest absolute Gasteiger partial charge is 0.341 e. The molecule has 1 aliphatic carbocycles. The van der Waals surface area contributed by atoms with Crippen molar-refractivity contribution in [2.75, 3.05) is 30.5 Å². The summed E-state index contributed by atoms with van der Waals surface area (Å²) in [6, 6.07) is 0. The molecule has 0 bridgehead atoms. The molecule has 24 heavy (non-hydrogen) atoms. The average Bonchev–Trinajstić information content (AvgIpc) is 3.21. The van der Waals surface area contributed by atoms with E-state index in [9.17, 15) is 9.59 Å². The van der Waals surface area contributed by atoms with Gasteiger partial charge >= 0.3 is 5.97 Å². The zero-order valence-corrected chi connectivity index (χ0v) is 16.0. The molecule has 2 aliphatic rings. The molecule has 130 valence electrons. The maximum atomic E-state index is 12.2. The van der Waals surface area contributed by atoms with E-state index < -0.39 is 0 Å². The number of hydrogen-bond donors (Lipinski definition) is 1. The molecule has 0 fully saturated rings. The normalized spacial score (nSPS) is 16.5. The van der Waals surface area contributed by atoms with Gasteiger partial charge in [0, 0.05) is 22.8 Å². The Morgan fingerprint density at radius 1 is 1.33 bits per heavy atom. The Morgan fingerprint density at radius 3 is 2.92 bits per heavy atom. The van der Waals surface area contributed by atoms with Gasteiger partial charge in [0.05, 0.1) is 19.2 Å². The summed E-state index contributed by atoms with van der Waals surface area (Å²) in [5, 5.41) is 3.58. The summed E-state index contributed by atoms with van der Waals surface area (Å²) in [7, 11) is 1.39. The highest BCUT2D eigenvalue weighted by molar-refractivity contribution is 8.39. The number of anilines is 1. The molecular formula is C16H20N2O3S3. The van der Waals surface area contributed by atoms with Crippen LogP contribution in [0.3, 0.4) is 0 Å². The topological polar surface area (TPSA) is 67.8 Å². The van der Waals surface area contributed by atoms with Crippen LogP contribution < -0.4 is 5.32 Å². The summed E-state index contributed by atoms with van der Waals surface area (Å²) >= 11 is 4.90. The van der Waals surface area contributed by atoms with Crippen LogP contribution in [0.1, 0.15) is 40.1 Å². The van der Waals surface area contributed by atoms with Gasteiger partial charge in [0.2, 0.25) is 5.91 Å². The Kier molecular flexibility index (Phi) is 6.24. The number of nitrogens with zero attached hydrogens (tertiary/aromatic N) is 1. The number of carbonyl (C=O) groups excluding carboxylic acids is 2. The van der Waals surface area contributed by atoms with Gasteiger partial charge in [-0.3, -0.25) is 9.79 Å². The molecule has 1 aromatic rings. The largest absolute Gasteiger partial charge is 0.465 e. The number of aryl methyl sites for hydroxylation is 1. The van der Waals surface area contributed by atoms with E-state index in [1.807, 2.05) is 0 Å². The molecule has 3 rings (SSSR count). The van der Waals surface area contributed by atoms with Gasteiger partial charge in [-0.05, 0) is 31.2 Å². The van der Waals surface area contributed by atoms with Crippen molar-refractivity contribution in [3.05, 3.63) is 16.0 Å². The SMILES string of the molecule is COC(=O)c1c(NC(=O)CCSC2=NCCS2)sc2c1CCCC2. The number of amides is 1. The predicted molar refractivity (Wildman–Crippen MR) is 103 cm³/mol. The molecule has 0 atom stereocenters. The molecule has 0 spiro atoms. The molecule has 0 saturated carbocycles. The van der Waals surface area contributed by atoms with Gasteiger partial charge in [-0.2, -0.15) is 0 Å². The summed E-state index contributed by atoms with van der Waals surface area (Å²) in [6.07, 6.45) is 4.49. The van der Waals surface area contributed by atoms with E-state index in [2.05, 4.69) is 10.3 Å². The molecule has 8 heteroatoms. The Morgan fingerprint density at radius 2 is 2.17 bits per heavy atom. The first kappa shape index (κ1) is 17.8. The number of rotatable bonds is 5. The molecule has 0 radical (unpaired) electrons. The van der Waals surface area contributed by atoms with Gasteiger partial charge in [-0.15, -0.1) is 11.3 Å². The number of thioether (sulfide) groups is 2. The van der Waals surface area contributed by atoms with E-state index in [1.54, 1.807) is 23.5 Å². The second kappa shape index (κ2) is 8.40. The first-order valence-electron chi connectivity index (χ1n) is 8.01. The molecule has 0 saturated heterocycles. The minimum atomic E-state index is -0.351. The number of fused-ring (bicyclic) bond motifs is 1. The number of esters is 1. The van der Waals surface area contributed by atoms with Crippen LogP contribution in [0, 0.1) is 0 Å². The number of carbonyl (C=O) groups is 2. The summed E-state index contributed by atoms with van der Waals surface area (Å²) in [4.78, 5) is 30.0. The van der Waals surface area contributed by atoms with E-state index in [4.69, 9.17) is 4.74 Å². The van der Waals surface area contributed by atoms with E-state index in [1.165, 1.54) is 23.3 Å². The number of nitrogens with one attached hydrogen (secondary N) is 1. The molecule has 0 unspecified atom stereocenters. The third-order valence-corrected chi connectivity index (χ3v) is 7.39. The van der Waals surface area contributed by atoms with Crippen molar-refractivity contribution in [3.8, 4) is 0 Å². The van der Waals surface area contributed by atoms with Crippen LogP contribution >= 0.6 is 34.9 Å². The summed E-state index contributed by atoms with van der Waals surface area (Å²) in [5.41, 5.74) is 1.63. The molecule has 1 aliphatic heterocycles. The Labute approximate surface area is 154 Å². The van der Waals surface area contributed by atoms with Crippen molar-refractivity contribution in [1.29, 1.82) is 0 Å². The molecule has 5 nitrogen and oxygen atoms in total. The Bertz CT molecular complexity index is 670. The van der Waals surface area contributed by atoms with Crippen LogP contribution in [0.5, 0.6) is 0 Å². The van der Waals surface area contributed by atoms with E-state index in [0.29, 0.717) is 22.7 Å². The minimum absolute atomic E-state index is 0.0603. The predicted octanol–water partition coefficient (Wildman–Crippen LogP) is 3.58. The van der Waals surface area contributed by atoms with Crippen molar-refractivity contribution >= 4 is 56.1 Å². The minimum Gasteiger partial charge on any atom is -0.465 e. The lowest BCUT2D eigenvalue weighted by molar-refractivity contribution is -0.115. The lowest BCUT2D eigenvalue weighted by atomic mass is 9.95.